The maximum Gasteiger partial charge on any atom is 0.284 e. The van der Waals surface area contributed by atoms with Gasteiger partial charge in [-0.15, -0.1) is 0 Å². The number of hydrogen-bond donors (Lipinski definition) is 1. The van der Waals surface area contributed by atoms with Crippen molar-refractivity contribution in [2.24, 2.45) is 0 Å². The predicted molar refractivity (Wildman–Crippen MR) is 44.3 cm³/mol. The van der Waals surface area contributed by atoms with Gasteiger partial charge < -0.3 is 5.32 Å². The summed E-state index contributed by atoms with van der Waals surface area (Å²) in [6, 6.07) is 6.05. The SMILES string of the molecule is O=CC(=O)NCc1ccccc1F. The Hall–Kier alpha value is -1.71. The Balaban J connectivity index is 2.59. The number of hydrogen-bond acceptors (Lipinski definition) is 2. The average Bonchev–Trinajstić information content (AvgIpc) is 2.16. The van der Waals surface area contributed by atoms with E-state index in [0.29, 0.717) is 5.56 Å². The van der Waals surface area contributed by atoms with E-state index in [-0.39, 0.29) is 12.8 Å². The lowest BCUT2D eigenvalue weighted by molar-refractivity contribution is -0.131. The summed E-state index contributed by atoms with van der Waals surface area (Å²) in [5, 5.41) is 2.24. The predicted octanol–water partition coefficient (Wildman–Crippen LogP) is 0.641. The van der Waals surface area contributed by atoms with Gasteiger partial charge in [-0.3, -0.25) is 9.59 Å². The monoisotopic (exact) mass is 181 g/mol. The molecule has 0 atom stereocenters. The molecule has 0 bridgehead atoms. The van der Waals surface area contributed by atoms with Gasteiger partial charge in [0, 0.05) is 12.1 Å². The highest BCUT2D eigenvalue weighted by Gasteiger charge is 2.01. The zero-order valence-electron chi connectivity index (χ0n) is 6.79. The zero-order valence-corrected chi connectivity index (χ0v) is 6.79. The van der Waals surface area contributed by atoms with Gasteiger partial charge >= 0.3 is 0 Å². The standard InChI is InChI=1S/C9H8FNO2/c10-8-4-2-1-3-7(8)5-11-9(13)6-12/h1-4,6H,5H2,(H,11,13). The summed E-state index contributed by atoms with van der Waals surface area (Å²) < 4.78 is 12.9. The lowest BCUT2D eigenvalue weighted by Gasteiger charge is -2.01. The summed E-state index contributed by atoms with van der Waals surface area (Å²) >= 11 is 0. The number of amides is 1. The maximum absolute atomic E-state index is 12.9. The van der Waals surface area contributed by atoms with Gasteiger partial charge in [0.05, 0.1) is 0 Å². The molecule has 0 aliphatic carbocycles. The van der Waals surface area contributed by atoms with Crippen molar-refractivity contribution in [2.45, 2.75) is 6.54 Å². The highest BCUT2D eigenvalue weighted by Crippen LogP contribution is 2.04. The summed E-state index contributed by atoms with van der Waals surface area (Å²) in [7, 11) is 0. The topological polar surface area (TPSA) is 46.2 Å². The average molecular weight is 181 g/mol. The Bertz CT molecular complexity index is 325. The molecule has 1 rings (SSSR count). The van der Waals surface area contributed by atoms with Gasteiger partial charge in [0.15, 0.2) is 0 Å². The molecule has 1 aromatic rings. The van der Waals surface area contributed by atoms with Gasteiger partial charge in [-0.05, 0) is 6.07 Å². The molecular weight excluding hydrogens is 173 g/mol. The molecule has 4 heteroatoms. The van der Waals surface area contributed by atoms with E-state index in [1.54, 1.807) is 18.2 Å². The minimum atomic E-state index is -0.747. The molecule has 1 aromatic carbocycles. The molecule has 0 saturated heterocycles. The van der Waals surface area contributed by atoms with Crippen molar-refractivity contribution in [1.82, 2.24) is 5.32 Å². The summed E-state index contributed by atoms with van der Waals surface area (Å²) in [5.74, 6) is -1.14. The van der Waals surface area contributed by atoms with E-state index < -0.39 is 11.7 Å². The Labute approximate surface area is 74.6 Å². The second kappa shape index (κ2) is 4.35. The Kier molecular flexibility index (Phi) is 3.14. The summed E-state index contributed by atoms with van der Waals surface area (Å²) in [4.78, 5) is 20.4. The first-order valence-electron chi connectivity index (χ1n) is 3.70. The number of halogens is 1. The number of aldehydes is 1. The largest absolute Gasteiger partial charge is 0.346 e. The van der Waals surface area contributed by atoms with Crippen LogP contribution in [0.2, 0.25) is 0 Å². The Morgan fingerprint density at radius 3 is 2.77 bits per heavy atom. The first-order valence-corrected chi connectivity index (χ1v) is 3.70. The molecule has 0 aliphatic heterocycles. The molecule has 0 aliphatic rings. The summed E-state index contributed by atoms with van der Waals surface area (Å²) in [6.07, 6.45) is 0.154. The van der Waals surface area contributed by atoms with E-state index in [9.17, 15) is 14.0 Å². The van der Waals surface area contributed by atoms with Crippen molar-refractivity contribution in [1.29, 1.82) is 0 Å². The number of nitrogens with one attached hydrogen (secondary N) is 1. The van der Waals surface area contributed by atoms with Crippen LogP contribution >= 0.6 is 0 Å². The second-order valence-corrected chi connectivity index (χ2v) is 2.43. The lowest BCUT2D eigenvalue weighted by atomic mass is 10.2. The fraction of sp³-hybridized carbons (Fsp3) is 0.111. The smallest absolute Gasteiger partial charge is 0.284 e. The van der Waals surface area contributed by atoms with Gasteiger partial charge in [0.25, 0.3) is 5.91 Å². The molecule has 0 saturated carbocycles. The van der Waals surface area contributed by atoms with Crippen LogP contribution in [0.4, 0.5) is 4.39 Å². The number of benzene rings is 1. The van der Waals surface area contributed by atoms with E-state index in [2.05, 4.69) is 5.32 Å². The van der Waals surface area contributed by atoms with Crippen LogP contribution in [0.5, 0.6) is 0 Å². The van der Waals surface area contributed by atoms with Crippen LogP contribution in [-0.2, 0) is 16.1 Å². The molecule has 0 unspecified atom stereocenters. The van der Waals surface area contributed by atoms with Crippen LogP contribution in [0.25, 0.3) is 0 Å². The maximum atomic E-state index is 12.9. The molecule has 68 valence electrons. The van der Waals surface area contributed by atoms with Gasteiger partial charge in [-0.1, -0.05) is 18.2 Å². The van der Waals surface area contributed by atoms with Crippen LogP contribution in [0.1, 0.15) is 5.56 Å². The third kappa shape index (κ3) is 2.66. The Morgan fingerprint density at radius 1 is 1.46 bits per heavy atom. The number of carbonyl (C=O) groups is 2. The highest BCUT2D eigenvalue weighted by molar-refractivity contribution is 6.23. The Morgan fingerprint density at radius 2 is 2.15 bits per heavy atom. The molecule has 1 amide bonds. The van der Waals surface area contributed by atoms with Gasteiger partial charge in [0.2, 0.25) is 6.29 Å². The van der Waals surface area contributed by atoms with Crippen molar-refractivity contribution >= 4 is 12.2 Å². The normalized spacial score (nSPS) is 9.31. The molecule has 0 spiro atoms. The van der Waals surface area contributed by atoms with Crippen LogP contribution < -0.4 is 5.32 Å². The van der Waals surface area contributed by atoms with Crippen LogP contribution in [0.15, 0.2) is 24.3 Å². The molecular formula is C9H8FNO2. The van der Waals surface area contributed by atoms with Crippen molar-refractivity contribution in [3.63, 3.8) is 0 Å². The van der Waals surface area contributed by atoms with Crippen molar-refractivity contribution < 1.29 is 14.0 Å². The quantitative estimate of drug-likeness (QED) is 0.549. The van der Waals surface area contributed by atoms with Crippen LogP contribution in [0, 0.1) is 5.82 Å². The summed E-state index contributed by atoms with van der Waals surface area (Å²) in [5.41, 5.74) is 0.359. The van der Waals surface area contributed by atoms with Crippen molar-refractivity contribution in [3.05, 3.63) is 35.6 Å². The zero-order chi connectivity index (χ0) is 9.68. The number of rotatable bonds is 3. The first-order chi connectivity index (χ1) is 6.24. The molecule has 0 aromatic heterocycles. The number of carbonyl (C=O) groups excluding carboxylic acids is 2. The van der Waals surface area contributed by atoms with Crippen LogP contribution in [0.3, 0.4) is 0 Å². The fourth-order valence-corrected chi connectivity index (χ4v) is 0.866. The van der Waals surface area contributed by atoms with E-state index in [0.717, 1.165) is 0 Å². The molecule has 1 N–H and O–H groups in total. The second-order valence-electron chi connectivity index (χ2n) is 2.43. The third-order valence-corrected chi connectivity index (χ3v) is 1.52. The van der Waals surface area contributed by atoms with E-state index in [1.807, 2.05) is 0 Å². The fourth-order valence-electron chi connectivity index (χ4n) is 0.866. The molecule has 0 radical (unpaired) electrons. The van der Waals surface area contributed by atoms with E-state index in [4.69, 9.17) is 0 Å². The molecule has 0 heterocycles. The molecule has 0 fully saturated rings. The van der Waals surface area contributed by atoms with Crippen LogP contribution in [-0.4, -0.2) is 12.2 Å². The van der Waals surface area contributed by atoms with Crippen molar-refractivity contribution in [2.75, 3.05) is 0 Å². The highest BCUT2D eigenvalue weighted by atomic mass is 19.1. The minimum Gasteiger partial charge on any atom is -0.346 e. The van der Waals surface area contributed by atoms with Crippen molar-refractivity contribution in [3.8, 4) is 0 Å². The van der Waals surface area contributed by atoms with E-state index >= 15 is 0 Å². The molecule has 13 heavy (non-hydrogen) atoms. The summed E-state index contributed by atoms with van der Waals surface area (Å²) in [6.45, 7) is 0.0320. The van der Waals surface area contributed by atoms with E-state index in [1.165, 1.54) is 6.07 Å². The minimum absolute atomic E-state index is 0.0320. The van der Waals surface area contributed by atoms with Gasteiger partial charge in [0.1, 0.15) is 5.82 Å². The first kappa shape index (κ1) is 9.38. The van der Waals surface area contributed by atoms with Gasteiger partial charge in [-0.2, -0.15) is 0 Å². The van der Waals surface area contributed by atoms with Gasteiger partial charge in [-0.25, -0.2) is 4.39 Å². The third-order valence-electron chi connectivity index (χ3n) is 1.52. The lowest BCUT2D eigenvalue weighted by Crippen LogP contribution is -2.23. The molecule has 3 nitrogen and oxygen atoms in total.